The van der Waals surface area contributed by atoms with E-state index in [0.717, 1.165) is 47.5 Å². The van der Waals surface area contributed by atoms with Gasteiger partial charge in [-0.15, -0.1) is 0 Å². The van der Waals surface area contributed by atoms with Gasteiger partial charge in [-0.1, -0.05) is 18.2 Å². The number of piperazine rings is 1. The maximum absolute atomic E-state index is 13.7. The molecule has 4 heterocycles. The largest absolute Gasteiger partial charge is 0.486 e. The lowest BCUT2D eigenvalue weighted by Crippen LogP contribution is -2.48. The van der Waals surface area contributed by atoms with Crippen molar-refractivity contribution in [1.29, 1.82) is 0 Å². The highest BCUT2D eigenvalue weighted by atomic mass is 16.6. The number of ether oxygens (including phenoxy) is 2. The molecule has 2 aromatic carbocycles. The number of rotatable bonds is 4. The van der Waals surface area contributed by atoms with Gasteiger partial charge in [-0.25, -0.2) is 4.98 Å². The van der Waals surface area contributed by atoms with Crippen LogP contribution in [0.1, 0.15) is 15.9 Å². The molecule has 4 aromatic rings. The first kappa shape index (κ1) is 21.6. The average molecular weight is 467 g/mol. The quantitative estimate of drug-likeness (QED) is 0.453. The number of fused-ring (bicyclic) bond motifs is 2. The molecule has 0 spiro atoms. The summed E-state index contributed by atoms with van der Waals surface area (Å²) >= 11 is 0. The molecular formula is C28H26N4O3. The molecular weight excluding hydrogens is 440 g/mol. The fraction of sp³-hybridized carbons (Fsp3) is 0.250. The fourth-order valence-electron chi connectivity index (χ4n) is 4.73. The Morgan fingerprint density at radius 2 is 1.63 bits per heavy atom. The molecule has 1 amide bonds. The molecule has 0 aliphatic carbocycles. The van der Waals surface area contributed by atoms with Gasteiger partial charge in [0.1, 0.15) is 13.2 Å². The number of nitrogens with zero attached hydrogens (tertiary/aromatic N) is 4. The third-order valence-corrected chi connectivity index (χ3v) is 6.60. The number of hydrogen-bond donors (Lipinski definition) is 0. The first-order valence-electron chi connectivity index (χ1n) is 11.9. The van der Waals surface area contributed by atoms with Crippen LogP contribution >= 0.6 is 0 Å². The van der Waals surface area contributed by atoms with Gasteiger partial charge in [0.2, 0.25) is 0 Å². The van der Waals surface area contributed by atoms with Crippen molar-refractivity contribution in [3.8, 4) is 22.8 Å². The Kier molecular flexibility index (Phi) is 5.76. The first-order valence-corrected chi connectivity index (χ1v) is 11.9. The van der Waals surface area contributed by atoms with E-state index in [0.29, 0.717) is 37.6 Å². The van der Waals surface area contributed by atoms with Crippen molar-refractivity contribution < 1.29 is 14.3 Å². The second-order valence-electron chi connectivity index (χ2n) is 8.85. The van der Waals surface area contributed by atoms with E-state index in [4.69, 9.17) is 14.5 Å². The van der Waals surface area contributed by atoms with Crippen molar-refractivity contribution >= 4 is 16.8 Å². The Balaban J connectivity index is 1.27. The van der Waals surface area contributed by atoms with Crippen LogP contribution in [0.25, 0.3) is 22.2 Å². The van der Waals surface area contributed by atoms with Gasteiger partial charge in [0.15, 0.2) is 11.5 Å². The minimum absolute atomic E-state index is 0.0472. The molecule has 1 fully saturated rings. The summed E-state index contributed by atoms with van der Waals surface area (Å²) in [7, 11) is 0. The number of hydrogen-bond acceptors (Lipinski definition) is 6. The molecule has 0 saturated carbocycles. The first-order chi connectivity index (χ1) is 17.2. The van der Waals surface area contributed by atoms with Crippen molar-refractivity contribution in [2.75, 3.05) is 39.4 Å². The Bertz CT molecular complexity index is 1370. The monoisotopic (exact) mass is 466 g/mol. The lowest BCUT2D eigenvalue weighted by Gasteiger charge is -2.35. The fourth-order valence-corrected chi connectivity index (χ4v) is 4.73. The maximum atomic E-state index is 13.7. The van der Waals surface area contributed by atoms with Crippen LogP contribution in [0.5, 0.6) is 11.5 Å². The van der Waals surface area contributed by atoms with Gasteiger partial charge in [-0.05, 0) is 48.0 Å². The van der Waals surface area contributed by atoms with E-state index in [1.165, 1.54) is 5.56 Å². The van der Waals surface area contributed by atoms with Crippen molar-refractivity contribution in [3.63, 3.8) is 0 Å². The summed E-state index contributed by atoms with van der Waals surface area (Å²) in [6.07, 6.45) is 3.64. The Morgan fingerprint density at radius 1 is 0.857 bits per heavy atom. The number of carbonyl (C=O) groups is 1. The predicted molar refractivity (Wildman–Crippen MR) is 134 cm³/mol. The van der Waals surface area contributed by atoms with E-state index in [-0.39, 0.29) is 5.91 Å². The van der Waals surface area contributed by atoms with E-state index in [1.807, 2.05) is 78.0 Å². The van der Waals surface area contributed by atoms with E-state index in [9.17, 15) is 4.79 Å². The van der Waals surface area contributed by atoms with Crippen LogP contribution in [0.15, 0.2) is 73.1 Å². The van der Waals surface area contributed by atoms with Gasteiger partial charge < -0.3 is 14.4 Å². The van der Waals surface area contributed by atoms with Crippen molar-refractivity contribution in [3.05, 3.63) is 84.2 Å². The van der Waals surface area contributed by atoms with Crippen LogP contribution < -0.4 is 9.47 Å². The van der Waals surface area contributed by atoms with Crippen molar-refractivity contribution in [2.24, 2.45) is 0 Å². The maximum Gasteiger partial charge on any atom is 0.254 e. The van der Waals surface area contributed by atoms with Crippen LogP contribution in [0.4, 0.5) is 0 Å². The van der Waals surface area contributed by atoms with E-state index >= 15 is 0 Å². The number of amides is 1. The highest BCUT2D eigenvalue weighted by molar-refractivity contribution is 6.07. The molecule has 0 radical (unpaired) electrons. The average Bonchev–Trinajstić information content (AvgIpc) is 2.93. The summed E-state index contributed by atoms with van der Waals surface area (Å²) < 4.78 is 11.4. The normalized spacial score (nSPS) is 15.8. The van der Waals surface area contributed by atoms with Crippen molar-refractivity contribution in [2.45, 2.75) is 6.54 Å². The molecule has 2 aromatic heterocycles. The Labute approximate surface area is 203 Å². The van der Waals surface area contributed by atoms with Crippen LogP contribution in [-0.4, -0.2) is 65.1 Å². The molecule has 35 heavy (non-hydrogen) atoms. The SMILES string of the molecule is O=C(c1cc(-c2ccc3c(c2)OCCO3)nc2ccccc12)N1CCN(Cc2ccncc2)CC1. The molecule has 0 atom stereocenters. The molecule has 2 aliphatic heterocycles. The molecule has 2 aliphatic rings. The highest BCUT2D eigenvalue weighted by Gasteiger charge is 2.25. The number of aromatic nitrogens is 2. The minimum atomic E-state index is 0.0472. The molecule has 0 unspecified atom stereocenters. The summed E-state index contributed by atoms with van der Waals surface area (Å²) in [5.74, 6) is 1.49. The van der Waals surface area contributed by atoms with Gasteiger partial charge >= 0.3 is 0 Å². The number of carbonyl (C=O) groups excluding carboxylic acids is 1. The predicted octanol–water partition coefficient (Wildman–Crippen LogP) is 4.03. The van der Waals surface area contributed by atoms with Crippen LogP contribution in [-0.2, 0) is 6.54 Å². The summed E-state index contributed by atoms with van der Waals surface area (Å²) in [5.41, 5.74) is 4.38. The van der Waals surface area contributed by atoms with Gasteiger partial charge in [0.25, 0.3) is 5.91 Å². The summed E-state index contributed by atoms with van der Waals surface area (Å²) in [4.78, 5) is 27.0. The van der Waals surface area contributed by atoms with E-state index in [1.54, 1.807) is 0 Å². The van der Waals surface area contributed by atoms with Crippen LogP contribution in [0, 0.1) is 0 Å². The third-order valence-electron chi connectivity index (χ3n) is 6.60. The molecule has 0 N–H and O–H groups in total. The topological polar surface area (TPSA) is 67.8 Å². The van der Waals surface area contributed by atoms with Crippen LogP contribution in [0.3, 0.4) is 0 Å². The number of pyridine rings is 2. The van der Waals surface area contributed by atoms with Gasteiger partial charge in [-0.2, -0.15) is 0 Å². The lowest BCUT2D eigenvalue weighted by atomic mass is 10.0. The molecule has 0 bridgehead atoms. The number of para-hydroxylation sites is 1. The van der Waals surface area contributed by atoms with Crippen LogP contribution in [0.2, 0.25) is 0 Å². The Hall–Kier alpha value is -3.97. The van der Waals surface area contributed by atoms with Gasteiger partial charge in [-0.3, -0.25) is 14.7 Å². The molecule has 1 saturated heterocycles. The zero-order valence-electron chi connectivity index (χ0n) is 19.4. The highest BCUT2D eigenvalue weighted by Crippen LogP contribution is 2.35. The van der Waals surface area contributed by atoms with Gasteiger partial charge in [0, 0.05) is 56.1 Å². The van der Waals surface area contributed by atoms with Crippen molar-refractivity contribution in [1.82, 2.24) is 19.8 Å². The zero-order chi connectivity index (χ0) is 23.6. The smallest absolute Gasteiger partial charge is 0.254 e. The molecule has 7 nitrogen and oxygen atoms in total. The zero-order valence-corrected chi connectivity index (χ0v) is 19.4. The minimum Gasteiger partial charge on any atom is -0.486 e. The summed E-state index contributed by atoms with van der Waals surface area (Å²) in [6.45, 7) is 5.02. The summed E-state index contributed by atoms with van der Waals surface area (Å²) in [6, 6.07) is 19.7. The molecule has 6 rings (SSSR count). The van der Waals surface area contributed by atoms with Gasteiger partial charge in [0.05, 0.1) is 16.8 Å². The second kappa shape index (κ2) is 9.35. The third kappa shape index (κ3) is 4.42. The number of benzene rings is 2. The second-order valence-corrected chi connectivity index (χ2v) is 8.85. The molecule has 176 valence electrons. The standard InChI is InChI=1S/C28H26N4O3/c33-28(32-13-11-31(12-14-32)19-20-7-9-29-10-8-20)23-18-25(30-24-4-2-1-3-22(23)24)21-5-6-26-27(17-21)35-16-15-34-26/h1-10,17-18H,11-16,19H2. The molecule has 7 heteroatoms. The van der Waals surface area contributed by atoms with E-state index in [2.05, 4.69) is 9.88 Å². The Morgan fingerprint density at radius 3 is 2.46 bits per heavy atom. The van der Waals surface area contributed by atoms with E-state index < -0.39 is 0 Å². The lowest BCUT2D eigenvalue weighted by molar-refractivity contribution is 0.0630. The summed E-state index contributed by atoms with van der Waals surface area (Å²) in [5, 5.41) is 0.873.